The van der Waals surface area contributed by atoms with Crippen molar-refractivity contribution in [2.45, 2.75) is 108 Å². The molecule has 0 aromatic heterocycles. The van der Waals surface area contributed by atoms with Crippen molar-refractivity contribution in [3.63, 3.8) is 0 Å². The van der Waals surface area contributed by atoms with Crippen molar-refractivity contribution >= 4 is 6.03 Å². The topological polar surface area (TPSA) is 41.1 Å². The molecule has 0 spiro atoms. The van der Waals surface area contributed by atoms with Gasteiger partial charge in [0.1, 0.15) is 0 Å². The highest BCUT2D eigenvalue weighted by Crippen LogP contribution is 2.18. The molecule has 2 aliphatic carbocycles. The van der Waals surface area contributed by atoms with E-state index in [1.807, 2.05) is 0 Å². The summed E-state index contributed by atoms with van der Waals surface area (Å²) >= 11 is 0. The maximum Gasteiger partial charge on any atom is 0.315 e. The van der Waals surface area contributed by atoms with Crippen molar-refractivity contribution in [1.82, 2.24) is 10.6 Å². The molecule has 2 fully saturated rings. The monoisotopic (exact) mass is 294 g/mol. The van der Waals surface area contributed by atoms with Crippen LogP contribution in [0, 0.1) is 0 Å². The maximum absolute atomic E-state index is 12.2. The summed E-state index contributed by atoms with van der Waals surface area (Å²) < 4.78 is 0. The molecule has 3 nitrogen and oxygen atoms in total. The van der Waals surface area contributed by atoms with Gasteiger partial charge in [-0.2, -0.15) is 0 Å². The normalized spacial score (nSPS) is 24.0. The largest absolute Gasteiger partial charge is 0.335 e. The van der Waals surface area contributed by atoms with Gasteiger partial charge in [0.05, 0.1) is 0 Å². The summed E-state index contributed by atoms with van der Waals surface area (Å²) in [6, 6.07) is 0.898. The van der Waals surface area contributed by atoms with E-state index < -0.39 is 0 Å². The van der Waals surface area contributed by atoms with E-state index in [1.165, 1.54) is 70.6 Å². The first kappa shape index (κ1) is 16.6. The zero-order valence-corrected chi connectivity index (χ0v) is 13.7. The lowest BCUT2D eigenvalue weighted by molar-refractivity contribution is 0.226. The van der Waals surface area contributed by atoms with E-state index in [2.05, 4.69) is 10.6 Å². The molecule has 0 aromatic carbocycles. The second kappa shape index (κ2) is 10.1. The lowest BCUT2D eigenvalue weighted by Gasteiger charge is -2.25. The van der Waals surface area contributed by atoms with E-state index >= 15 is 0 Å². The minimum atomic E-state index is 0.0850. The van der Waals surface area contributed by atoms with Crippen molar-refractivity contribution in [2.75, 3.05) is 0 Å². The summed E-state index contributed by atoms with van der Waals surface area (Å²) in [5.41, 5.74) is 0. The first-order chi connectivity index (χ1) is 10.3. The average Bonchev–Trinajstić information content (AvgIpc) is 2.54. The standard InChI is InChI=1S/C18H34N2O/c21-18(20-17-14-10-7-11-15-17)19-16-12-8-5-3-1-2-4-6-9-13-16/h16-17H,1-15H2,(H2,19,20,21). The SMILES string of the molecule is O=C(NC1CCCCCCCCCC1)NC1CCCCC1. The van der Waals surface area contributed by atoms with Crippen molar-refractivity contribution in [1.29, 1.82) is 0 Å². The van der Waals surface area contributed by atoms with Gasteiger partial charge in [0.25, 0.3) is 0 Å². The molecule has 0 aliphatic heterocycles. The molecular formula is C18H34N2O. The van der Waals surface area contributed by atoms with Gasteiger partial charge in [0, 0.05) is 12.1 Å². The molecule has 2 amide bonds. The molecular weight excluding hydrogens is 260 g/mol. The van der Waals surface area contributed by atoms with Gasteiger partial charge in [-0.05, 0) is 25.7 Å². The van der Waals surface area contributed by atoms with Gasteiger partial charge in [-0.3, -0.25) is 0 Å². The highest BCUT2D eigenvalue weighted by Gasteiger charge is 2.18. The summed E-state index contributed by atoms with van der Waals surface area (Å²) in [5.74, 6) is 0. The van der Waals surface area contributed by atoms with Crippen LogP contribution < -0.4 is 10.6 Å². The lowest BCUT2D eigenvalue weighted by Crippen LogP contribution is -2.46. The van der Waals surface area contributed by atoms with Gasteiger partial charge >= 0.3 is 6.03 Å². The van der Waals surface area contributed by atoms with Crippen LogP contribution in [0.3, 0.4) is 0 Å². The minimum absolute atomic E-state index is 0.0850. The molecule has 2 N–H and O–H groups in total. The van der Waals surface area contributed by atoms with Crippen LogP contribution in [-0.2, 0) is 0 Å². The summed E-state index contributed by atoms with van der Waals surface area (Å²) in [7, 11) is 0. The third-order valence-corrected chi connectivity index (χ3v) is 5.13. The first-order valence-electron chi connectivity index (χ1n) is 9.41. The van der Waals surface area contributed by atoms with E-state index in [4.69, 9.17) is 0 Å². The predicted molar refractivity (Wildman–Crippen MR) is 88.5 cm³/mol. The fraction of sp³-hybridized carbons (Fsp3) is 0.944. The number of carbonyl (C=O) groups is 1. The van der Waals surface area contributed by atoms with Crippen LogP contribution in [0.2, 0.25) is 0 Å². The second-order valence-electron chi connectivity index (χ2n) is 7.06. The number of urea groups is 1. The second-order valence-corrected chi connectivity index (χ2v) is 7.06. The molecule has 21 heavy (non-hydrogen) atoms. The van der Waals surface area contributed by atoms with Gasteiger partial charge < -0.3 is 10.6 Å². The fourth-order valence-electron chi connectivity index (χ4n) is 3.79. The molecule has 0 aromatic rings. The molecule has 0 heterocycles. The van der Waals surface area contributed by atoms with Gasteiger partial charge in [0.15, 0.2) is 0 Å². The fourth-order valence-corrected chi connectivity index (χ4v) is 3.79. The average molecular weight is 294 g/mol. The Morgan fingerprint density at radius 3 is 1.19 bits per heavy atom. The molecule has 0 atom stereocenters. The Kier molecular flexibility index (Phi) is 7.98. The Hall–Kier alpha value is -0.730. The van der Waals surface area contributed by atoms with Crippen LogP contribution in [-0.4, -0.2) is 18.1 Å². The highest BCUT2D eigenvalue weighted by molar-refractivity contribution is 5.74. The number of hydrogen-bond donors (Lipinski definition) is 2. The Morgan fingerprint density at radius 2 is 0.810 bits per heavy atom. The molecule has 0 saturated heterocycles. The van der Waals surface area contributed by atoms with Gasteiger partial charge in [-0.15, -0.1) is 0 Å². The molecule has 3 heteroatoms. The zero-order valence-electron chi connectivity index (χ0n) is 13.7. The van der Waals surface area contributed by atoms with Crippen LogP contribution in [0.25, 0.3) is 0 Å². The molecule has 0 radical (unpaired) electrons. The smallest absolute Gasteiger partial charge is 0.315 e. The van der Waals surface area contributed by atoms with Crippen LogP contribution in [0.5, 0.6) is 0 Å². The molecule has 2 rings (SSSR count). The zero-order chi connectivity index (χ0) is 14.8. The molecule has 0 bridgehead atoms. The summed E-state index contributed by atoms with van der Waals surface area (Å²) in [5, 5.41) is 6.44. The number of nitrogens with one attached hydrogen (secondary N) is 2. The lowest BCUT2D eigenvalue weighted by atomic mass is 9.96. The van der Waals surface area contributed by atoms with E-state index in [1.54, 1.807) is 0 Å². The van der Waals surface area contributed by atoms with Crippen LogP contribution >= 0.6 is 0 Å². The minimum Gasteiger partial charge on any atom is -0.335 e. The van der Waals surface area contributed by atoms with Crippen molar-refractivity contribution in [3.05, 3.63) is 0 Å². The first-order valence-corrected chi connectivity index (χ1v) is 9.41. The quantitative estimate of drug-likeness (QED) is 0.747. The van der Waals surface area contributed by atoms with Crippen molar-refractivity contribution in [2.24, 2.45) is 0 Å². The maximum atomic E-state index is 12.2. The number of carbonyl (C=O) groups excluding carboxylic acids is 1. The van der Waals surface area contributed by atoms with E-state index in [9.17, 15) is 4.79 Å². The van der Waals surface area contributed by atoms with Gasteiger partial charge in [0.2, 0.25) is 0 Å². The van der Waals surface area contributed by atoms with E-state index in [-0.39, 0.29) is 6.03 Å². The summed E-state index contributed by atoms with van der Waals surface area (Å²) in [4.78, 5) is 12.2. The number of rotatable bonds is 2. The molecule has 2 saturated carbocycles. The third-order valence-electron chi connectivity index (χ3n) is 5.13. The van der Waals surface area contributed by atoms with Gasteiger partial charge in [-0.1, -0.05) is 70.6 Å². The Bertz CT molecular complexity index is 275. The van der Waals surface area contributed by atoms with Crippen molar-refractivity contribution in [3.8, 4) is 0 Å². The number of hydrogen-bond acceptors (Lipinski definition) is 1. The van der Waals surface area contributed by atoms with Crippen LogP contribution in [0.1, 0.15) is 96.3 Å². The van der Waals surface area contributed by atoms with E-state index in [0.717, 1.165) is 25.7 Å². The van der Waals surface area contributed by atoms with E-state index in [0.29, 0.717) is 12.1 Å². The highest BCUT2D eigenvalue weighted by atomic mass is 16.2. The Morgan fingerprint density at radius 1 is 0.524 bits per heavy atom. The molecule has 0 unspecified atom stereocenters. The summed E-state index contributed by atoms with van der Waals surface area (Å²) in [6.07, 6.45) is 19.3. The third kappa shape index (κ3) is 7.19. The Labute approximate surface area is 130 Å². The predicted octanol–water partition coefficient (Wildman–Crippen LogP) is 4.90. The summed E-state index contributed by atoms with van der Waals surface area (Å²) in [6.45, 7) is 0. The van der Waals surface area contributed by atoms with Crippen LogP contribution in [0.4, 0.5) is 4.79 Å². The van der Waals surface area contributed by atoms with Crippen molar-refractivity contribution < 1.29 is 4.79 Å². The number of amides is 2. The Balaban J connectivity index is 1.70. The van der Waals surface area contributed by atoms with Crippen LogP contribution in [0.15, 0.2) is 0 Å². The molecule has 122 valence electrons. The van der Waals surface area contributed by atoms with Gasteiger partial charge in [-0.25, -0.2) is 4.79 Å². The molecule has 2 aliphatic rings.